The van der Waals surface area contributed by atoms with Gasteiger partial charge in [0.1, 0.15) is 5.82 Å². The smallest absolute Gasteiger partial charge is 0.224 e. The zero-order chi connectivity index (χ0) is 15.4. The number of hydrogen-bond acceptors (Lipinski definition) is 2. The van der Waals surface area contributed by atoms with Gasteiger partial charge >= 0.3 is 0 Å². The number of halogens is 1. The molecule has 0 saturated heterocycles. The molecule has 3 rings (SSSR count). The lowest BCUT2D eigenvalue weighted by Crippen LogP contribution is -2.25. The molecule has 0 radical (unpaired) electrons. The molecule has 1 aromatic rings. The molecule has 1 aliphatic carbocycles. The van der Waals surface area contributed by atoms with Crippen LogP contribution in [0.1, 0.15) is 56.1 Å². The number of nitrogens with one attached hydrogen (secondary N) is 2. The zero-order valence-electron chi connectivity index (χ0n) is 13.1. The minimum Gasteiger partial charge on any atom is -0.324 e. The van der Waals surface area contributed by atoms with E-state index >= 15 is 0 Å². The molecular weight excluding hydrogens is 279 g/mol. The van der Waals surface area contributed by atoms with Gasteiger partial charge in [-0.25, -0.2) is 4.39 Å². The van der Waals surface area contributed by atoms with Crippen molar-refractivity contribution >= 4 is 11.6 Å². The van der Waals surface area contributed by atoms with Crippen LogP contribution in [-0.2, 0) is 17.8 Å². The summed E-state index contributed by atoms with van der Waals surface area (Å²) in [6.45, 7) is 1.51. The zero-order valence-corrected chi connectivity index (χ0v) is 13.1. The van der Waals surface area contributed by atoms with Gasteiger partial charge in [-0.1, -0.05) is 31.7 Å². The van der Waals surface area contributed by atoms with Gasteiger partial charge in [0, 0.05) is 13.0 Å². The first-order valence-corrected chi connectivity index (χ1v) is 8.55. The molecule has 120 valence electrons. The second kappa shape index (κ2) is 7.23. The molecule has 1 heterocycles. The SMILES string of the molecule is O=C(CC1CCCCCC1)Nc1ccc2c(c1F)CCNC2. The van der Waals surface area contributed by atoms with Gasteiger partial charge in [-0.2, -0.15) is 0 Å². The Kier molecular flexibility index (Phi) is 5.08. The molecular formula is C18H25FN2O. The van der Waals surface area contributed by atoms with Crippen molar-refractivity contribution in [3.05, 3.63) is 29.1 Å². The Morgan fingerprint density at radius 3 is 2.77 bits per heavy atom. The van der Waals surface area contributed by atoms with Crippen LogP contribution in [0.5, 0.6) is 0 Å². The molecule has 1 aliphatic heterocycles. The monoisotopic (exact) mass is 304 g/mol. The molecule has 1 aromatic carbocycles. The van der Waals surface area contributed by atoms with Crippen LogP contribution in [0.2, 0.25) is 0 Å². The fourth-order valence-electron chi connectivity index (χ4n) is 3.66. The summed E-state index contributed by atoms with van der Waals surface area (Å²) in [5, 5.41) is 6.03. The lowest BCUT2D eigenvalue weighted by Gasteiger charge is -2.20. The number of anilines is 1. The van der Waals surface area contributed by atoms with Crippen LogP contribution < -0.4 is 10.6 Å². The van der Waals surface area contributed by atoms with Crippen molar-refractivity contribution in [2.75, 3.05) is 11.9 Å². The Morgan fingerprint density at radius 2 is 2.00 bits per heavy atom. The predicted octanol–water partition coefficient (Wildman–Crippen LogP) is 3.77. The van der Waals surface area contributed by atoms with E-state index in [4.69, 9.17) is 0 Å². The van der Waals surface area contributed by atoms with Gasteiger partial charge in [0.2, 0.25) is 5.91 Å². The fourth-order valence-corrected chi connectivity index (χ4v) is 3.66. The van der Waals surface area contributed by atoms with Crippen molar-refractivity contribution in [3.8, 4) is 0 Å². The highest BCUT2D eigenvalue weighted by atomic mass is 19.1. The number of carbonyl (C=O) groups is 1. The average Bonchev–Trinajstić information content (AvgIpc) is 2.79. The first-order chi connectivity index (χ1) is 10.7. The summed E-state index contributed by atoms with van der Waals surface area (Å²) < 4.78 is 14.5. The van der Waals surface area contributed by atoms with Crippen LogP contribution in [0.25, 0.3) is 0 Å². The summed E-state index contributed by atoms with van der Waals surface area (Å²) in [6, 6.07) is 3.62. The third-order valence-electron chi connectivity index (χ3n) is 4.93. The van der Waals surface area contributed by atoms with Gasteiger partial charge in [-0.05, 0) is 48.9 Å². The standard InChI is InChI=1S/C18H25FN2O/c19-18-15-9-10-20-12-14(15)7-8-16(18)21-17(22)11-13-5-3-1-2-4-6-13/h7-8,13,20H,1-6,9-12H2,(H,21,22). The van der Waals surface area contributed by atoms with E-state index in [-0.39, 0.29) is 11.7 Å². The van der Waals surface area contributed by atoms with Crippen LogP contribution in [0, 0.1) is 11.7 Å². The van der Waals surface area contributed by atoms with E-state index in [1.807, 2.05) is 6.07 Å². The van der Waals surface area contributed by atoms with Gasteiger partial charge < -0.3 is 10.6 Å². The summed E-state index contributed by atoms with van der Waals surface area (Å²) in [5.74, 6) is 0.181. The molecule has 0 spiro atoms. The van der Waals surface area contributed by atoms with Crippen molar-refractivity contribution in [3.63, 3.8) is 0 Å². The second-order valence-corrected chi connectivity index (χ2v) is 6.60. The van der Waals surface area contributed by atoms with E-state index in [0.29, 0.717) is 31.0 Å². The number of rotatable bonds is 3. The van der Waals surface area contributed by atoms with Crippen molar-refractivity contribution in [1.29, 1.82) is 0 Å². The summed E-state index contributed by atoms with van der Waals surface area (Å²) >= 11 is 0. The maximum absolute atomic E-state index is 14.5. The van der Waals surface area contributed by atoms with Crippen molar-refractivity contribution in [2.45, 2.75) is 57.9 Å². The summed E-state index contributed by atoms with van der Waals surface area (Å²) in [7, 11) is 0. The Morgan fingerprint density at radius 1 is 1.23 bits per heavy atom. The van der Waals surface area contributed by atoms with Crippen LogP contribution in [-0.4, -0.2) is 12.5 Å². The molecule has 0 atom stereocenters. The van der Waals surface area contributed by atoms with Crippen LogP contribution in [0.3, 0.4) is 0 Å². The maximum atomic E-state index is 14.5. The Labute approximate surface area is 131 Å². The molecule has 1 amide bonds. The third kappa shape index (κ3) is 3.67. The van der Waals surface area contributed by atoms with Crippen molar-refractivity contribution in [2.24, 2.45) is 5.92 Å². The maximum Gasteiger partial charge on any atom is 0.224 e. The Bertz CT molecular complexity index is 536. The minimum absolute atomic E-state index is 0.0420. The first kappa shape index (κ1) is 15.5. The Balaban J connectivity index is 1.63. The predicted molar refractivity (Wildman–Crippen MR) is 86.2 cm³/mol. The molecule has 1 fully saturated rings. The lowest BCUT2D eigenvalue weighted by molar-refractivity contribution is -0.117. The molecule has 2 aliphatic rings. The Hall–Kier alpha value is -1.42. The average molecular weight is 304 g/mol. The van der Waals surface area contributed by atoms with E-state index in [2.05, 4.69) is 10.6 Å². The minimum atomic E-state index is -0.242. The van der Waals surface area contributed by atoms with E-state index in [9.17, 15) is 9.18 Å². The molecule has 0 bridgehead atoms. The lowest BCUT2D eigenvalue weighted by atomic mass is 9.96. The molecule has 0 unspecified atom stereocenters. The van der Waals surface area contributed by atoms with E-state index < -0.39 is 0 Å². The first-order valence-electron chi connectivity index (χ1n) is 8.55. The fraction of sp³-hybridized carbons (Fsp3) is 0.611. The number of benzene rings is 1. The molecule has 3 nitrogen and oxygen atoms in total. The van der Waals surface area contributed by atoms with Gasteiger partial charge in [0.15, 0.2) is 0 Å². The summed E-state index contributed by atoms with van der Waals surface area (Å²) in [4.78, 5) is 12.2. The normalized spacial score (nSPS) is 19.3. The van der Waals surface area contributed by atoms with Gasteiger partial charge in [0.05, 0.1) is 5.69 Å². The highest BCUT2D eigenvalue weighted by Crippen LogP contribution is 2.27. The van der Waals surface area contributed by atoms with E-state index in [1.54, 1.807) is 6.07 Å². The summed E-state index contributed by atoms with van der Waals surface area (Å²) in [5.41, 5.74) is 2.11. The highest BCUT2D eigenvalue weighted by molar-refractivity contribution is 5.91. The largest absolute Gasteiger partial charge is 0.324 e. The topological polar surface area (TPSA) is 41.1 Å². The van der Waals surface area contributed by atoms with Gasteiger partial charge in [-0.3, -0.25) is 4.79 Å². The number of carbonyl (C=O) groups excluding carboxylic acids is 1. The molecule has 1 saturated carbocycles. The third-order valence-corrected chi connectivity index (χ3v) is 4.93. The quantitative estimate of drug-likeness (QED) is 0.835. The van der Waals surface area contributed by atoms with Crippen molar-refractivity contribution in [1.82, 2.24) is 5.32 Å². The molecule has 22 heavy (non-hydrogen) atoms. The van der Waals surface area contributed by atoms with Gasteiger partial charge in [0.25, 0.3) is 0 Å². The van der Waals surface area contributed by atoms with E-state index in [1.165, 1.54) is 25.7 Å². The molecule has 0 aromatic heterocycles. The highest BCUT2D eigenvalue weighted by Gasteiger charge is 2.20. The number of hydrogen-bond donors (Lipinski definition) is 2. The second-order valence-electron chi connectivity index (χ2n) is 6.60. The number of amides is 1. The summed E-state index contributed by atoms with van der Waals surface area (Å²) in [6.07, 6.45) is 8.48. The van der Waals surface area contributed by atoms with Crippen LogP contribution >= 0.6 is 0 Å². The van der Waals surface area contributed by atoms with Crippen LogP contribution in [0.15, 0.2) is 12.1 Å². The number of fused-ring (bicyclic) bond motifs is 1. The van der Waals surface area contributed by atoms with Crippen LogP contribution in [0.4, 0.5) is 10.1 Å². The van der Waals surface area contributed by atoms with E-state index in [0.717, 1.165) is 30.5 Å². The van der Waals surface area contributed by atoms with Crippen molar-refractivity contribution < 1.29 is 9.18 Å². The molecule has 4 heteroatoms. The molecule has 2 N–H and O–H groups in total. The van der Waals surface area contributed by atoms with Gasteiger partial charge in [-0.15, -0.1) is 0 Å².